The zero-order valence-corrected chi connectivity index (χ0v) is 16.8. The quantitative estimate of drug-likeness (QED) is 0.344. The van der Waals surface area contributed by atoms with Crippen LogP contribution >= 0.6 is 0 Å². The standard InChI is InChI=1S/C21H30N2O5/c1-5-6-8-13-17(20(25)27-4)22-19(24)18(15(2)3)23-21(26)28-14-16-11-9-7-10-12-16/h5,7,9-12,15,17-18H,1,6,8,13-14H2,2-4H3,(H,22,24)(H,23,26)/t17-,18-/m1/s1. The number of hydrogen-bond donors (Lipinski definition) is 2. The summed E-state index contributed by atoms with van der Waals surface area (Å²) in [6.07, 6.45) is 2.88. The molecule has 2 amide bonds. The number of carbonyl (C=O) groups excluding carboxylic acids is 3. The highest BCUT2D eigenvalue weighted by molar-refractivity contribution is 5.89. The number of esters is 1. The van der Waals surface area contributed by atoms with Crippen LogP contribution < -0.4 is 10.6 Å². The topological polar surface area (TPSA) is 93.7 Å². The lowest BCUT2D eigenvalue weighted by Crippen LogP contribution is -2.53. The lowest BCUT2D eigenvalue weighted by molar-refractivity contribution is -0.145. The molecule has 1 aromatic rings. The predicted molar refractivity (Wildman–Crippen MR) is 106 cm³/mol. The van der Waals surface area contributed by atoms with E-state index in [2.05, 4.69) is 17.2 Å². The van der Waals surface area contributed by atoms with E-state index < -0.39 is 30.1 Å². The number of rotatable bonds is 11. The van der Waals surface area contributed by atoms with Gasteiger partial charge in [0.15, 0.2) is 0 Å². The number of unbranched alkanes of at least 4 members (excludes halogenated alkanes) is 1. The van der Waals surface area contributed by atoms with Gasteiger partial charge in [0.2, 0.25) is 5.91 Å². The first-order valence-electron chi connectivity index (χ1n) is 9.35. The molecular weight excluding hydrogens is 360 g/mol. The van der Waals surface area contributed by atoms with Gasteiger partial charge in [-0.1, -0.05) is 50.3 Å². The molecule has 0 saturated heterocycles. The van der Waals surface area contributed by atoms with Crippen molar-refractivity contribution in [2.75, 3.05) is 7.11 Å². The number of allylic oxidation sites excluding steroid dienone is 1. The highest BCUT2D eigenvalue weighted by Crippen LogP contribution is 2.08. The van der Waals surface area contributed by atoms with Gasteiger partial charge in [-0.05, 0) is 30.7 Å². The fourth-order valence-electron chi connectivity index (χ4n) is 2.55. The Morgan fingerprint density at radius 1 is 1.14 bits per heavy atom. The molecular formula is C21H30N2O5. The fraction of sp³-hybridized carbons (Fsp3) is 0.476. The number of hydrogen-bond acceptors (Lipinski definition) is 5. The van der Waals surface area contributed by atoms with Crippen molar-refractivity contribution in [3.05, 3.63) is 48.6 Å². The number of ether oxygens (including phenoxy) is 2. The summed E-state index contributed by atoms with van der Waals surface area (Å²) in [6.45, 7) is 7.34. The Hall–Kier alpha value is -2.83. The Labute approximate surface area is 166 Å². The molecule has 0 fully saturated rings. The molecule has 0 aliphatic rings. The molecule has 0 aliphatic carbocycles. The van der Waals surface area contributed by atoms with Crippen molar-refractivity contribution < 1.29 is 23.9 Å². The molecule has 2 atom stereocenters. The molecule has 0 spiro atoms. The van der Waals surface area contributed by atoms with Crippen LogP contribution in [0.15, 0.2) is 43.0 Å². The van der Waals surface area contributed by atoms with Gasteiger partial charge < -0.3 is 20.1 Å². The van der Waals surface area contributed by atoms with Crippen LogP contribution in [-0.4, -0.2) is 37.2 Å². The number of carbonyl (C=O) groups is 3. The molecule has 2 N–H and O–H groups in total. The van der Waals surface area contributed by atoms with Crippen molar-refractivity contribution in [3.8, 4) is 0 Å². The van der Waals surface area contributed by atoms with Crippen LogP contribution in [0.3, 0.4) is 0 Å². The highest BCUT2D eigenvalue weighted by Gasteiger charge is 2.29. The minimum atomic E-state index is -0.838. The zero-order valence-electron chi connectivity index (χ0n) is 16.8. The number of alkyl carbamates (subject to hydrolysis) is 1. The van der Waals surface area contributed by atoms with Crippen molar-refractivity contribution in [2.24, 2.45) is 5.92 Å². The number of nitrogens with one attached hydrogen (secondary N) is 2. The van der Waals surface area contributed by atoms with Gasteiger partial charge in [0.1, 0.15) is 18.7 Å². The van der Waals surface area contributed by atoms with Crippen molar-refractivity contribution in [1.29, 1.82) is 0 Å². The van der Waals surface area contributed by atoms with E-state index in [9.17, 15) is 14.4 Å². The summed E-state index contributed by atoms with van der Waals surface area (Å²) in [4.78, 5) is 36.7. The summed E-state index contributed by atoms with van der Waals surface area (Å²) in [7, 11) is 1.27. The van der Waals surface area contributed by atoms with E-state index in [1.807, 2.05) is 30.3 Å². The Morgan fingerprint density at radius 3 is 2.39 bits per heavy atom. The SMILES string of the molecule is C=CCCC[C@@H](NC(=O)[C@H](NC(=O)OCc1ccccc1)C(C)C)C(=O)OC. The van der Waals surface area contributed by atoms with Gasteiger partial charge in [0, 0.05) is 0 Å². The Morgan fingerprint density at radius 2 is 1.82 bits per heavy atom. The Kier molecular flexibility index (Phi) is 10.4. The molecule has 0 aromatic heterocycles. The maximum absolute atomic E-state index is 12.6. The van der Waals surface area contributed by atoms with Gasteiger partial charge in [-0.15, -0.1) is 6.58 Å². The Bertz CT molecular complexity index is 645. The summed E-state index contributed by atoms with van der Waals surface area (Å²) in [5, 5.41) is 5.24. The van der Waals surface area contributed by atoms with E-state index >= 15 is 0 Å². The van der Waals surface area contributed by atoms with Gasteiger partial charge in [-0.25, -0.2) is 9.59 Å². The van der Waals surface area contributed by atoms with Gasteiger partial charge in [0.25, 0.3) is 0 Å². The molecule has 0 heterocycles. The predicted octanol–water partition coefficient (Wildman–Crippen LogP) is 2.95. The third kappa shape index (κ3) is 8.24. The summed E-state index contributed by atoms with van der Waals surface area (Å²) in [5.74, 6) is -1.18. The monoisotopic (exact) mass is 390 g/mol. The molecule has 1 aromatic carbocycles. The van der Waals surface area contributed by atoms with E-state index in [-0.39, 0.29) is 12.5 Å². The van der Waals surface area contributed by atoms with E-state index in [4.69, 9.17) is 9.47 Å². The first-order valence-corrected chi connectivity index (χ1v) is 9.35. The van der Waals surface area contributed by atoms with Crippen molar-refractivity contribution >= 4 is 18.0 Å². The first-order chi connectivity index (χ1) is 13.4. The second-order valence-corrected chi connectivity index (χ2v) is 6.73. The maximum atomic E-state index is 12.6. The summed E-state index contributed by atoms with van der Waals surface area (Å²) in [5.41, 5.74) is 0.844. The van der Waals surface area contributed by atoms with E-state index in [1.54, 1.807) is 19.9 Å². The molecule has 7 nitrogen and oxygen atoms in total. The lowest BCUT2D eigenvalue weighted by atomic mass is 10.0. The molecule has 1 rings (SSSR count). The van der Waals surface area contributed by atoms with E-state index in [0.29, 0.717) is 12.8 Å². The minimum absolute atomic E-state index is 0.103. The summed E-state index contributed by atoms with van der Waals surface area (Å²) >= 11 is 0. The minimum Gasteiger partial charge on any atom is -0.467 e. The number of benzene rings is 1. The second kappa shape index (κ2) is 12.5. The highest BCUT2D eigenvalue weighted by atomic mass is 16.5. The largest absolute Gasteiger partial charge is 0.467 e. The number of methoxy groups -OCH3 is 1. The van der Waals surface area contributed by atoms with Crippen molar-refractivity contribution in [2.45, 2.75) is 51.8 Å². The summed E-state index contributed by atoms with van der Waals surface area (Å²) < 4.78 is 9.94. The maximum Gasteiger partial charge on any atom is 0.408 e. The fourth-order valence-corrected chi connectivity index (χ4v) is 2.55. The normalized spacial score (nSPS) is 12.6. The first kappa shape index (κ1) is 23.2. The van der Waals surface area contributed by atoms with Gasteiger partial charge >= 0.3 is 12.1 Å². The number of amides is 2. The van der Waals surface area contributed by atoms with Crippen LogP contribution in [0.1, 0.15) is 38.7 Å². The molecule has 7 heteroatoms. The van der Waals surface area contributed by atoms with Crippen molar-refractivity contribution in [1.82, 2.24) is 10.6 Å². The average molecular weight is 390 g/mol. The van der Waals surface area contributed by atoms with E-state index in [0.717, 1.165) is 12.0 Å². The molecule has 0 unspecified atom stereocenters. The van der Waals surface area contributed by atoms with Gasteiger partial charge in [0.05, 0.1) is 7.11 Å². The molecule has 0 bridgehead atoms. The van der Waals surface area contributed by atoms with Crippen LogP contribution in [0.25, 0.3) is 0 Å². The van der Waals surface area contributed by atoms with E-state index in [1.165, 1.54) is 7.11 Å². The molecule has 0 aliphatic heterocycles. The van der Waals surface area contributed by atoms with Crippen molar-refractivity contribution in [3.63, 3.8) is 0 Å². The molecule has 154 valence electrons. The molecule has 0 radical (unpaired) electrons. The van der Waals surface area contributed by atoms with Crippen LogP contribution in [0.5, 0.6) is 0 Å². The van der Waals surface area contributed by atoms with Gasteiger partial charge in [-0.3, -0.25) is 4.79 Å². The second-order valence-electron chi connectivity index (χ2n) is 6.73. The lowest BCUT2D eigenvalue weighted by Gasteiger charge is -2.24. The van der Waals surface area contributed by atoms with Gasteiger partial charge in [-0.2, -0.15) is 0 Å². The van der Waals surface area contributed by atoms with Crippen LogP contribution in [0.2, 0.25) is 0 Å². The third-order valence-corrected chi connectivity index (χ3v) is 4.14. The zero-order chi connectivity index (χ0) is 20.9. The average Bonchev–Trinajstić information content (AvgIpc) is 2.69. The third-order valence-electron chi connectivity index (χ3n) is 4.14. The van der Waals surface area contributed by atoms with Crippen LogP contribution in [-0.2, 0) is 25.7 Å². The molecule has 28 heavy (non-hydrogen) atoms. The summed E-state index contributed by atoms with van der Waals surface area (Å²) in [6, 6.07) is 7.63. The molecule has 0 saturated carbocycles. The Balaban J connectivity index is 2.65. The van der Waals surface area contributed by atoms with Crippen LogP contribution in [0, 0.1) is 5.92 Å². The van der Waals surface area contributed by atoms with Crippen LogP contribution in [0.4, 0.5) is 4.79 Å². The smallest absolute Gasteiger partial charge is 0.408 e.